The second-order valence-corrected chi connectivity index (χ2v) is 8.31. The summed E-state index contributed by atoms with van der Waals surface area (Å²) < 4.78 is 23.6. The highest BCUT2D eigenvalue weighted by Gasteiger charge is 2.14. The fourth-order valence-corrected chi connectivity index (χ4v) is 3.88. The van der Waals surface area contributed by atoms with E-state index in [0.29, 0.717) is 17.2 Å². The minimum atomic E-state index is -2.72. The highest BCUT2D eigenvalue weighted by Crippen LogP contribution is 2.33. The summed E-state index contributed by atoms with van der Waals surface area (Å²) in [6, 6.07) is 23.7. The molecule has 0 aliphatic rings. The van der Waals surface area contributed by atoms with E-state index in [4.69, 9.17) is 5.26 Å². The molecule has 7 heteroatoms. The molecule has 3 aromatic carbocycles. The van der Waals surface area contributed by atoms with Crippen molar-refractivity contribution >= 4 is 27.5 Å². The number of rotatable bonds is 6. The van der Waals surface area contributed by atoms with Gasteiger partial charge in [-0.05, 0) is 65.1 Å². The van der Waals surface area contributed by atoms with E-state index in [9.17, 15) is 8.42 Å². The van der Waals surface area contributed by atoms with Gasteiger partial charge in [0.1, 0.15) is 0 Å². The van der Waals surface area contributed by atoms with Crippen LogP contribution in [0.15, 0.2) is 72.9 Å². The number of benzene rings is 3. The van der Waals surface area contributed by atoms with Crippen molar-refractivity contribution in [1.29, 1.82) is 5.26 Å². The molecule has 0 spiro atoms. The van der Waals surface area contributed by atoms with Gasteiger partial charge in [0.15, 0.2) is 0 Å². The number of hydrazine groups is 1. The first-order chi connectivity index (χ1) is 15.0. The van der Waals surface area contributed by atoms with Crippen LogP contribution in [0.4, 0.5) is 5.69 Å². The number of anilines is 1. The largest absolute Gasteiger partial charge is 0.316 e. The molecular weight excluding hydrogens is 408 g/mol. The predicted octanol–water partition coefficient (Wildman–Crippen LogP) is 4.74. The van der Waals surface area contributed by atoms with Crippen molar-refractivity contribution in [2.75, 3.05) is 5.43 Å². The lowest BCUT2D eigenvalue weighted by atomic mass is 9.99. The van der Waals surface area contributed by atoms with E-state index in [1.807, 2.05) is 48.5 Å². The molecule has 0 saturated carbocycles. The third-order valence-electron chi connectivity index (χ3n) is 5.24. The number of hydrogen-bond acceptors (Lipinski definition) is 4. The molecule has 1 aromatic heterocycles. The van der Waals surface area contributed by atoms with Crippen LogP contribution >= 0.6 is 0 Å². The molecule has 0 aliphatic carbocycles. The lowest BCUT2D eigenvalue weighted by molar-refractivity contribution is 0.607. The summed E-state index contributed by atoms with van der Waals surface area (Å²) >= 11 is 0. The van der Waals surface area contributed by atoms with Crippen molar-refractivity contribution in [1.82, 2.24) is 9.40 Å². The van der Waals surface area contributed by atoms with Gasteiger partial charge in [0.2, 0.25) is 10.9 Å². The van der Waals surface area contributed by atoms with Gasteiger partial charge in [0, 0.05) is 23.0 Å². The normalized spacial score (nSPS) is 11.2. The second kappa shape index (κ2) is 8.64. The van der Waals surface area contributed by atoms with Crippen LogP contribution in [0, 0.1) is 11.3 Å². The molecule has 4 aromatic rings. The molecule has 6 nitrogen and oxygen atoms in total. The first-order valence-electron chi connectivity index (χ1n) is 9.88. The van der Waals surface area contributed by atoms with Crippen LogP contribution in [0.3, 0.4) is 0 Å². The van der Waals surface area contributed by atoms with Gasteiger partial charge in [-0.1, -0.05) is 38.1 Å². The molecule has 0 atom stereocenters. The van der Waals surface area contributed by atoms with E-state index >= 15 is 0 Å². The Balaban J connectivity index is 1.79. The van der Waals surface area contributed by atoms with E-state index in [1.54, 1.807) is 0 Å². The van der Waals surface area contributed by atoms with Gasteiger partial charge in [-0.25, -0.2) is 8.42 Å². The number of thiol groups is 1. The van der Waals surface area contributed by atoms with Crippen molar-refractivity contribution in [3.05, 3.63) is 84.1 Å². The Morgan fingerprint density at radius 2 is 1.61 bits per heavy atom. The minimum absolute atomic E-state index is 0.364. The number of nitrogens with one attached hydrogen (secondary N) is 2. The Hall–Kier alpha value is -3.60. The van der Waals surface area contributed by atoms with Gasteiger partial charge in [-0.3, -0.25) is 0 Å². The highest BCUT2D eigenvalue weighted by molar-refractivity contribution is 7.70. The van der Waals surface area contributed by atoms with Crippen molar-refractivity contribution in [2.45, 2.75) is 19.8 Å². The van der Waals surface area contributed by atoms with E-state index in [0.717, 1.165) is 22.3 Å². The van der Waals surface area contributed by atoms with Crippen LogP contribution in [0.1, 0.15) is 30.9 Å². The lowest BCUT2D eigenvalue weighted by Crippen LogP contribution is -2.18. The summed E-state index contributed by atoms with van der Waals surface area (Å²) in [7, 11) is -2.72. The Labute approximate surface area is 182 Å². The third kappa shape index (κ3) is 4.31. The summed E-state index contributed by atoms with van der Waals surface area (Å²) in [5.74, 6) is 0.364. The summed E-state index contributed by atoms with van der Waals surface area (Å²) in [5.41, 5.74) is 9.39. The quantitative estimate of drug-likeness (QED) is 0.305. The number of hydrogen-bond donors (Lipinski definition) is 3. The second-order valence-electron chi connectivity index (χ2n) is 7.57. The topological polar surface area (TPSA) is 86.9 Å². The van der Waals surface area contributed by atoms with Crippen LogP contribution in [0.2, 0.25) is 0 Å². The number of fused-ring (bicyclic) bond motifs is 1. The van der Waals surface area contributed by atoms with E-state index in [-0.39, 0.29) is 0 Å². The number of nitrogens with zero attached hydrogens (tertiary/aromatic N) is 2. The zero-order valence-corrected chi connectivity index (χ0v) is 18.1. The van der Waals surface area contributed by atoms with Crippen molar-refractivity contribution in [3.8, 4) is 22.9 Å². The van der Waals surface area contributed by atoms with Gasteiger partial charge >= 0.3 is 0 Å². The van der Waals surface area contributed by atoms with Gasteiger partial charge in [-0.2, -0.15) is 5.26 Å². The fraction of sp³-hybridized carbons (Fsp3) is 0.125. The van der Waals surface area contributed by atoms with Gasteiger partial charge < -0.3 is 9.99 Å². The first-order valence-corrected chi connectivity index (χ1v) is 11.1. The third-order valence-corrected chi connectivity index (χ3v) is 5.54. The summed E-state index contributed by atoms with van der Waals surface area (Å²) in [6.45, 7) is 4.35. The molecule has 2 N–H and O–H groups in total. The fourth-order valence-electron chi connectivity index (χ4n) is 3.66. The molecule has 0 fully saturated rings. The van der Waals surface area contributed by atoms with Crippen molar-refractivity contribution in [3.63, 3.8) is 0 Å². The summed E-state index contributed by atoms with van der Waals surface area (Å²) in [6.07, 6.45) is 2.16. The number of aromatic nitrogens is 1. The summed E-state index contributed by atoms with van der Waals surface area (Å²) in [5, 5.41) is 10.2. The predicted molar refractivity (Wildman–Crippen MR) is 125 cm³/mol. The first kappa shape index (κ1) is 20.7. The molecule has 0 saturated heterocycles. The van der Waals surface area contributed by atoms with Crippen LogP contribution in [0.25, 0.3) is 27.7 Å². The average Bonchev–Trinajstić information content (AvgIpc) is 3.17. The number of nitriles is 1. The minimum Gasteiger partial charge on any atom is -0.316 e. The Morgan fingerprint density at radius 1 is 0.935 bits per heavy atom. The molecule has 0 amide bonds. The Morgan fingerprint density at radius 3 is 2.23 bits per heavy atom. The lowest BCUT2D eigenvalue weighted by Gasteiger charge is -2.09. The molecule has 0 bridgehead atoms. The SMILES string of the molecule is CC(C)c1cn(-c2ccc(NN[SH](=O)=O)cc2)c2cc(-c3ccc(C#N)cc3)ccc12. The maximum atomic E-state index is 10.7. The van der Waals surface area contributed by atoms with E-state index in [2.05, 4.69) is 59.1 Å². The van der Waals surface area contributed by atoms with Crippen LogP contribution in [0.5, 0.6) is 0 Å². The standard InChI is InChI=1S/C24H22N4O2S/c1-16(2)23-15-28(21-10-8-20(9-11-21)26-27-31(29)30)24-13-19(7-12-22(23)24)18-5-3-17(14-25)4-6-18/h3-13,15-16,26,31H,1-2H3,(H,27,29,30). The molecule has 31 heavy (non-hydrogen) atoms. The molecule has 4 rings (SSSR count). The molecule has 0 aliphatic heterocycles. The average molecular weight is 431 g/mol. The van der Waals surface area contributed by atoms with Gasteiger partial charge in [0.25, 0.3) is 0 Å². The zero-order valence-electron chi connectivity index (χ0n) is 17.2. The smallest absolute Gasteiger partial charge is 0.218 e. The molecule has 156 valence electrons. The van der Waals surface area contributed by atoms with E-state index in [1.165, 1.54) is 10.9 Å². The van der Waals surface area contributed by atoms with Crippen LogP contribution < -0.4 is 10.3 Å². The van der Waals surface area contributed by atoms with Crippen LogP contribution in [-0.4, -0.2) is 13.0 Å². The zero-order chi connectivity index (χ0) is 22.0. The van der Waals surface area contributed by atoms with Crippen molar-refractivity contribution < 1.29 is 8.42 Å². The molecule has 0 unspecified atom stereocenters. The van der Waals surface area contributed by atoms with Gasteiger partial charge in [0.05, 0.1) is 17.1 Å². The maximum Gasteiger partial charge on any atom is 0.218 e. The maximum absolute atomic E-state index is 10.7. The highest BCUT2D eigenvalue weighted by atomic mass is 32.2. The molecular formula is C24H22N4O2S. The van der Waals surface area contributed by atoms with Gasteiger partial charge in [-0.15, -0.1) is 4.83 Å². The summed E-state index contributed by atoms with van der Waals surface area (Å²) in [4.78, 5) is 2.18. The van der Waals surface area contributed by atoms with Crippen LogP contribution in [-0.2, 0) is 10.9 Å². The Bertz CT molecular complexity index is 1340. The van der Waals surface area contributed by atoms with E-state index < -0.39 is 10.9 Å². The van der Waals surface area contributed by atoms with Crippen molar-refractivity contribution in [2.24, 2.45) is 0 Å². The molecule has 1 heterocycles. The monoisotopic (exact) mass is 430 g/mol. The molecule has 0 radical (unpaired) electrons. The Kier molecular flexibility index (Phi) is 5.76.